The van der Waals surface area contributed by atoms with Crippen LogP contribution in [0, 0.1) is 6.92 Å². The van der Waals surface area contributed by atoms with Crippen molar-refractivity contribution in [3.63, 3.8) is 0 Å². The molecule has 0 aliphatic carbocycles. The van der Waals surface area contributed by atoms with Gasteiger partial charge in [-0.1, -0.05) is 42.5 Å². The van der Waals surface area contributed by atoms with Gasteiger partial charge in [-0.15, -0.1) is 0 Å². The SMILES string of the molecule is COc1ccc(CCN2COc3ccc4c(C)c(-c5ccccc5)c(=O)oc4c3C2)cc1. The second-order valence-electron chi connectivity index (χ2n) is 8.10. The summed E-state index contributed by atoms with van der Waals surface area (Å²) < 4.78 is 17.1. The van der Waals surface area contributed by atoms with Crippen LogP contribution in [0.15, 0.2) is 75.9 Å². The molecule has 5 nitrogen and oxygen atoms in total. The molecule has 4 aromatic rings. The van der Waals surface area contributed by atoms with Crippen molar-refractivity contribution in [1.82, 2.24) is 4.90 Å². The normalized spacial score (nSPS) is 13.6. The van der Waals surface area contributed by atoms with Gasteiger partial charge in [-0.2, -0.15) is 0 Å². The molecule has 0 N–H and O–H groups in total. The number of benzene rings is 3. The Hall–Kier alpha value is -3.57. The number of ether oxygens (including phenoxy) is 2. The fourth-order valence-electron chi connectivity index (χ4n) is 4.33. The molecule has 32 heavy (non-hydrogen) atoms. The topological polar surface area (TPSA) is 51.9 Å². The number of hydrogen-bond acceptors (Lipinski definition) is 5. The number of methoxy groups -OCH3 is 1. The van der Waals surface area contributed by atoms with Gasteiger partial charge >= 0.3 is 5.63 Å². The summed E-state index contributed by atoms with van der Waals surface area (Å²) in [6.45, 7) is 4.02. The van der Waals surface area contributed by atoms with E-state index in [4.69, 9.17) is 13.9 Å². The minimum Gasteiger partial charge on any atom is -0.497 e. The second kappa shape index (κ2) is 8.52. The van der Waals surface area contributed by atoms with Crippen molar-refractivity contribution in [3.05, 3.63) is 93.8 Å². The predicted molar refractivity (Wildman–Crippen MR) is 125 cm³/mol. The lowest BCUT2D eigenvalue weighted by Crippen LogP contribution is -2.33. The Morgan fingerprint density at radius 2 is 1.78 bits per heavy atom. The Labute approximate surface area is 186 Å². The average Bonchev–Trinajstić information content (AvgIpc) is 2.83. The molecule has 5 heteroatoms. The van der Waals surface area contributed by atoms with E-state index in [9.17, 15) is 4.79 Å². The molecule has 0 spiro atoms. The van der Waals surface area contributed by atoms with Crippen LogP contribution >= 0.6 is 0 Å². The first-order valence-corrected chi connectivity index (χ1v) is 10.8. The quantitative estimate of drug-likeness (QED) is 0.411. The molecular weight excluding hydrogens is 402 g/mol. The number of fused-ring (bicyclic) bond motifs is 3. The van der Waals surface area contributed by atoms with Gasteiger partial charge in [0.1, 0.15) is 23.8 Å². The van der Waals surface area contributed by atoms with Crippen molar-refractivity contribution in [3.8, 4) is 22.6 Å². The van der Waals surface area contributed by atoms with E-state index in [0.29, 0.717) is 24.4 Å². The van der Waals surface area contributed by atoms with E-state index in [1.54, 1.807) is 7.11 Å². The van der Waals surface area contributed by atoms with Crippen molar-refractivity contribution in [2.24, 2.45) is 0 Å². The third kappa shape index (κ3) is 3.76. The van der Waals surface area contributed by atoms with Crippen LogP contribution in [-0.4, -0.2) is 25.3 Å². The van der Waals surface area contributed by atoms with Crippen LogP contribution < -0.4 is 15.1 Å². The smallest absolute Gasteiger partial charge is 0.344 e. The maximum atomic E-state index is 13.0. The number of hydrogen-bond donors (Lipinski definition) is 0. The van der Waals surface area contributed by atoms with E-state index in [-0.39, 0.29) is 5.63 Å². The molecule has 0 radical (unpaired) electrons. The fraction of sp³-hybridized carbons (Fsp3) is 0.222. The van der Waals surface area contributed by atoms with E-state index in [1.807, 2.05) is 61.5 Å². The summed E-state index contributed by atoms with van der Waals surface area (Å²) in [7, 11) is 1.67. The molecular formula is C27H25NO4. The standard InChI is InChI=1S/C27H25NO4/c1-18-22-12-13-24-23(26(22)32-27(29)25(18)20-6-4-3-5-7-20)16-28(17-31-24)15-14-19-8-10-21(30-2)11-9-19/h3-13H,14-17H2,1-2H3. The number of aryl methyl sites for hydroxylation is 1. The first-order valence-electron chi connectivity index (χ1n) is 10.8. The summed E-state index contributed by atoms with van der Waals surface area (Å²) in [6.07, 6.45) is 0.897. The van der Waals surface area contributed by atoms with Crippen LogP contribution in [0.4, 0.5) is 0 Å². The van der Waals surface area contributed by atoms with E-state index in [2.05, 4.69) is 17.0 Å². The largest absolute Gasteiger partial charge is 0.497 e. The molecule has 0 amide bonds. The third-order valence-electron chi connectivity index (χ3n) is 6.12. The summed E-state index contributed by atoms with van der Waals surface area (Å²) in [5.74, 6) is 1.64. The summed E-state index contributed by atoms with van der Waals surface area (Å²) in [5, 5.41) is 0.947. The zero-order valence-electron chi connectivity index (χ0n) is 18.3. The minimum atomic E-state index is -0.315. The zero-order valence-corrected chi connectivity index (χ0v) is 18.3. The predicted octanol–water partition coefficient (Wildman–Crippen LogP) is 5.17. The van der Waals surface area contributed by atoms with E-state index in [0.717, 1.165) is 46.5 Å². The summed E-state index contributed by atoms with van der Waals surface area (Å²) >= 11 is 0. The van der Waals surface area contributed by atoms with Crippen LogP contribution in [0.2, 0.25) is 0 Å². The lowest BCUT2D eigenvalue weighted by Gasteiger charge is -2.29. The Bertz CT molecular complexity index is 1310. The van der Waals surface area contributed by atoms with E-state index in [1.165, 1.54) is 5.56 Å². The van der Waals surface area contributed by atoms with Crippen molar-refractivity contribution in [2.75, 3.05) is 20.4 Å². The molecule has 162 valence electrons. The van der Waals surface area contributed by atoms with Crippen LogP contribution in [0.25, 0.3) is 22.1 Å². The highest BCUT2D eigenvalue weighted by Crippen LogP contribution is 2.35. The van der Waals surface area contributed by atoms with Gasteiger partial charge in [0.15, 0.2) is 0 Å². The van der Waals surface area contributed by atoms with Crippen molar-refractivity contribution < 1.29 is 13.9 Å². The number of rotatable bonds is 5. The van der Waals surface area contributed by atoms with Gasteiger partial charge in [-0.25, -0.2) is 4.79 Å². The van der Waals surface area contributed by atoms with Gasteiger partial charge in [0.05, 0.1) is 18.2 Å². The van der Waals surface area contributed by atoms with Crippen molar-refractivity contribution >= 4 is 11.0 Å². The van der Waals surface area contributed by atoms with Crippen molar-refractivity contribution in [2.45, 2.75) is 19.9 Å². The minimum absolute atomic E-state index is 0.315. The van der Waals surface area contributed by atoms with Gasteiger partial charge in [-0.05, 0) is 54.3 Å². The first-order chi connectivity index (χ1) is 15.6. The molecule has 0 atom stereocenters. The van der Waals surface area contributed by atoms with Gasteiger partial charge in [0.2, 0.25) is 0 Å². The Balaban J connectivity index is 1.44. The van der Waals surface area contributed by atoms with Gasteiger partial charge < -0.3 is 13.9 Å². The maximum absolute atomic E-state index is 13.0. The van der Waals surface area contributed by atoms with Gasteiger partial charge in [-0.3, -0.25) is 4.90 Å². The van der Waals surface area contributed by atoms with Crippen molar-refractivity contribution in [1.29, 1.82) is 0 Å². The Morgan fingerprint density at radius 3 is 2.53 bits per heavy atom. The summed E-state index contributed by atoms with van der Waals surface area (Å²) in [4.78, 5) is 15.2. The molecule has 0 unspecified atom stereocenters. The monoisotopic (exact) mass is 427 g/mol. The summed E-state index contributed by atoms with van der Waals surface area (Å²) in [5.41, 5.74) is 4.90. The molecule has 0 saturated carbocycles. The third-order valence-corrected chi connectivity index (χ3v) is 6.12. The highest BCUT2D eigenvalue weighted by molar-refractivity contribution is 5.90. The lowest BCUT2D eigenvalue weighted by molar-refractivity contribution is 0.0968. The molecule has 0 saturated heterocycles. The van der Waals surface area contributed by atoms with E-state index < -0.39 is 0 Å². The van der Waals surface area contributed by atoms with Crippen LogP contribution in [-0.2, 0) is 13.0 Å². The highest BCUT2D eigenvalue weighted by Gasteiger charge is 2.23. The number of nitrogens with zero attached hydrogens (tertiary/aromatic N) is 1. The van der Waals surface area contributed by atoms with Crippen LogP contribution in [0.3, 0.4) is 0 Å². The molecule has 5 rings (SSSR count). The van der Waals surface area contributed by atoms with Gasteiger partial charge in [0.25, 0.3) is 0 Å². The molecule has 1 aliphatic rings. The average molecular weight is 428 g/mol. The van der Waals surface area contributed by atoms with E-state index >= 15 is 0 Å². The van der Waals surface area contributed by atoms with Crippen LogP contribution in [0.1, 0.15) is 16.7 Å². The first kappa shape index (κ1) is 20.3. The Morgan fingerprint density at radius 1 is 1.00 bits per heavy atom. The lowest BCUT2D eigenvalue weighted by atomic mass is 9.97. The second-order valence-corrected chi connectivity index (χ2v) is 8.10. The molecule has 2 heterocycles. The molecule has 1 aromatic heterocycles. The highest BCUT2D eigenvalue weighted by atomic mass is 16.5. The Kier molecular flexibility index (Phi) is 5.41. The van der Waals surface area contributed by atoms with Crippen LogP contribution in [0.5, 0.6) is 11.5 Å². The maximum Gasteiger partial charge on any atom is 0.344 e. The summed E-state index contributed by atoms with van der Waals surface area (Å²) in [6, 6.07) is 21.8. The fourth-order valence-corrected chi connectivity index (χ4v) is 4.33. The molecule has 0 bridgehead atoms. The molecule has 3 aromatic carbocycles. The van der Waals surface area contributed by atoms with Gasteiger partial charge in [0, 0.05) is 18.5 Å². The zero-order chi connectivity index (χ0) is 22.1. The molecule has 0 fully saturated rings. The molecule has 1 aliphatic heterocycles.